The summed E-state index contributed by atoms with van der Waals surface area (Å²) in [6, 6.07) is 16.8. The number of halogens is 4. The average molecular weight is 446 g/mol. The highest BCUT2D eigenvalue weighted by molar-refractivity contribution is 5.87. The minimum atomic E-state index is -1.14. The van der Waals surface area contributed by atoms with Crippen molar-refractivity contribution in [2.45, 2.75) is 33.1 Å². The van der Waals surface area contributed by atoms with E-state index in [-0.39, 0.29) is 0 Å². The van der Waals surface area contributed by atoms with E-state index in [0.29, 0.717) is 22.3 Å². The maximum atomic E-state index is 14.7. The molecule has 1 aliphatic rings. The van der Waals surface area contributed by atoms with Crippen molar-refractivity contribution in [2.24, 2.45) is 0 Å². The minimum absolute atomic E-state index is 0.506. The van der Waals surface area contributed by atoms with Gasteiger partial charge in [0.1, 0.15) is 0 Å². The Balaban J connectivity index is 2.06. The van der Waals surface area contributed by atoms with Crippen LogP contribution in [0.3, 0.4) is 0 Å². The largest absolute Gasteiger partial charge is 0.204 e. The molecule has 33 heavy (non-hydrogen) atoms. The Hall–Kier alpha value is -3.40. The summed E-state index contributed by atoms with van der Waals surface area (Å²) in [5.41, 5.74) is 6.43. The van der Waals surface area contributed by atoms with Crippen LogP contribution in [0.4, 0.5) is 17.6 Å². The Morgan fingerprint density at radius 1 is 0.455 bits per heavy atom. The van der Waals surface area contributed by atoms with Gasteiger partial charge in [0.15, 0.2) is 23.3 Å². The van der Waals surface area contributed by atoms with E-state index in [1.807, 2.05) is 50.2 Å². The smallest absolute Gasteiger partial charge is 0.159 e. The van der Waals surface area contributed by atoms with E-state index >= 15 is 0 Å². The molecule has 0 bridgehead atoms. The van der Waals surface area contributed by atoms with Crippen molar-refractivity contribution in [3.05, 3.63) is 128 Å². The molecule has 0 N–H and O–H groups in total. The Bertz CT molecular complexity index is 1340. The predicted octanol–water partition coefficient (Wildman–Crippen LogP) is 7.84. The fraction of sp³-hybridized carbons (Fsp3) is 0.172. The van der Waals surface area contributed by atoms with E-state index < -0.39 is 28.7 Å². The topological polar surface area (TPSA) is 0 Å². The van der Waals surface area contributed by atoms with Crippen LogP contribution in [0.2, 0.25) is 0 Å². The predicted molar refractivity (Wildman–Crippen MR) is 123 cm³/mol. The molecular weight excluding hydrogens is 424 g/mol. The van der Waals surface area contributed by atoms with E-state index in [1.54, 1.807) is 13.8 Å². The van der Waals surface area contributed by atoms with Gasteiger partial charge in [0.25, 0.3) is 0 Å². The number of hydrogen-bond acceptors (Lipinski definition) is 0. The Morgan fingerprint density at radius 2 is 0.818 bits per heavy atom. The van der Waals surface area contributed by atoms with Gasteiger partial charge in [-0.3, -0.25) is 0 Å². The summed E-state index contributed by atoms with van der Waals surface area (Å²) in [4.78, 5) is 0. The van der Waals surface area contributed by atoms with Crippen LogP contribution in [0.5, 0.6) is 0 Å². The summed E-state index contributed by atoms with van der Waals surface area (Å²) in [5.74, 6) is -3.85. The molecule has 4 aromatic carbocycles. The summed E-state index contributed by atoms with van der Waals surface area (Å²) in [7, 11) is 0. The zero-order chi connectivity index (χ0) is 23.7. The lowest BCUT2D eigenvalue weighted by Crippen LogP contribution is -2.31. The summed E-state index contributed by atoms with van der Waals surface area (Å²) in [6.07, 6.45) is 0. The van der Waals surface area contributed by atoms with Gasteiger partial charge in [0.05, 0.1) is 5.41 Å². The quantitative estimate of drug-likeness (QED) is 0.242. The third kappa shape index (κ3) is 2.97. The van der Waals surface area contributed by atoms with Crippen molar-refractivity contribution in [3.63, 3.8) is 0 Å². The molecule has 0 spiro atoms. The second-order valence-corrected chi connectivity index (χ2v) is 9.01. The average Bonchev–Trinajstić information content (AvgIpc) is 3.02. The highest BCUT2D eigenvalue weighted by Gasteiger charge is 2.48. The first-order chi connectivity index (χ1) is 15.6. The summed E-state index contributed by atoms with van der Waals surface area (Å²) in [6.45, 7) is 7.35. The highest BCUT2D eigenvalue weighted by Crippen LogP contribution is 2.58. The van der Waals surface area contributed by atoms with Gasteiger partial charge in [0.2, 0.25) is 0 Å². The van der Waals surface area contributed by atoms with Gasteiger partial charge in [-0.25, -0.2) is 17.6 Å². The van der Waals surface area contributed by atoms with Crippen LogP contribution >= 0.6 is 0 Å². The molecule has 4 heteroatoms. The maximum absolute atomic E-state index is 14.7. The molecule has 0 aliphatic heterocycles. The zero-order valence-electron chi connectivity index (χ0n) is 18.8. The molecule has 166 valence electrons. The van der Waals surface area contributed by atoms with Crippen LogP contribution in [0.25, 0.3) is 11.1 Å². The molecule has 0 aromatic heterocycles. The van der Waals surface area contributed by atoms with Crippen molar-refractivity contribution >= 4 is 0 Å². The van der Waals surface area contributed by atoms with Crippen molar-refractivity contribution in [2.75, 3.05) is 0 Å². The van der Waals surface area contributed by atoms with Crippen molar-refractivity contribution in [1.29, 1.82) is 0 Å². The van der Waals surface area contributed by atoms with E-state index in [4.69, 9.17) is 0 Å². The molecule has 4 aromatic rings. The monoisotopic (exact) mass is 446 g/mol. The Labute approximate surface area is 190 Å². The van der Waals surface area contributed by atoms with Gasteiger partial charge in [-0.15, -0.1) is 0 Å². The number of fused-ring (bicyclic) bond motifs is 3. The van der Waals surface area contributed by atoms with Crippen molar-refractivity contribution in [3.8, 4) is 11.1 Å². The van der Waals surface area contributed by atoms with Gasteiger partial charge in [-0.2, -0.15) is 0 Å². The molecule has 0 atom stereocenters. The summed E-state index contributed by atoms with van der Waals surface area (Å²) < 4.78 is 57.9. The van der Waals surface area contributed by atoms with E-state index in [1.165, 1.54) is 24.3 Å². The lowest BCUT2D eigenvalue weighted by molar-refractivity contribution is 0.499. The normalized spacial score (nSPS) is 13.7. The van der Waals surface area contributed by atoms with Crippen LogP contribution in [0.15, 0.2) is 60.7 Å². The number of rotatable bonds is 2. The third-order valence-corrected chi connectivity index (χ3v) is 6.79. The van der Waals surface area contributed by atoms with Gasteiger partial charge >= 0.3 is 0 Å². The molecule has 5 rings (SSSR count). The molecule has 0 nitrogen and oxygen atoms in total. The van der Waals surface area contributed by atoms with Gasteiger partial charge in [-0.1, -0.05) is 47.5 Å². The first-order valence-corrected chi connectivity index (χ1v) is 10.8. The molecule has 1 aliphatic carbocycles. The molecular formula is C29H22F4. The lowest BCUT2D eigenvalue weighted by Gasteiger charge is -2.36. The molecule has 0 unspecified atom stereocenters. The Morgan fingerprint density at radius 3 is 1.21 bits per heavy atom. The third-order valence-electron chi connectivity index (χ3n) is 6.79. The zero-order valence-corrected chi connectivity index (χ0v) is 18.8. The molecule has 0 radical (unpaired) electrons. The SMILES string of the molecule is Cc1ccc2c(c1)C(c1cc(F)c(F)cc1C)(c1cc(F)c(F)cc1C)c1cc(C)ccc1-2. The first-order valence-electron chi connectivity index (χ1n) is 10.8. The fourth-order valence-electron chi connectivity index (χ4n) is 5.38. The van der Waals surface area contributed by atoms with Crippen molar-refractivity contribution in [1.82, 2.24) is 0 Å². The van der Waals surface area contributed by atoms with E-state index in [2.05, 4.69) is 0 Å². The first kappa shape index (κ1) is 21.4. The van der Waals surface area contributed by atoms with Gasteiger partial charge < -0.3 is 0 Å². The number of aryl methyl sites for hydroxylation is 4. The maximum Gasteiger partial charge on any atom is 0.159 e. The molecule has 0 amide bonds. The summed E-state index contributed by atoms with van der Waals surface area (Å²) >= 11 is 0. The van der Waals surface area contributed by atoms with Crippen LogP contribution in [-0.2, 0) is 5.41 Å². The highest BCUT2D eigenvalue weighted by atomic mass is 19.2. The van der Waals surface area contributed by atoms with Crippen LogP contribution in [0, 0.1) is 51.0 Å². The molecule has 0 saturated carbocycles. The van der Waals surface area contributed by atoms with Crippen LogP contribution < -0.4 is 0 Å². The van der Waals surface area contributed by atoms with E-state index in [0.717, 1.165) is 33.4 Å². The second-order valence-electron chi connectivity index (χ2n) is 9.01. The molecule has 0 fully saturated rings. The standard InChI is InChI=1S/C29H22F4/c1-15-5-7-19-20-8-6-16(2)10-24(20)29(23(19)9-15,21-13-27(32)25(30)11-17(21)3)22-14-28(33)26(31)12-18(22)4/h5-14H,1-4H3. The van der Waals surface area contributed by atoms with Crippen LogP contribution in [-0.4, -0.2) is 0 Å². The van der Waals surface area contributed by atoms with Gasteiger partial charge in [-0.05, 0) is 96.5 Å². The van der Waals surface area contributed by atoms with Crippen molar-refractivity contribution < 1.29 is 17.6 Å². The van der Waals surface area contributed by atoms with E-state index in [9.17, 15) is 17.6 Å². The number of benzene rings is 4. The van der Waals surface area contributed by atoms with Gasteiger partial charge in [0, 0.05) is 0 Å². The molecule has 0 heterocycles. The minimum Gasteiger partial charge on any atom is -0.204 e. The fourth-order valence-corrected chi connectivity index (χ4v) is 5.38. The van der Waals surface area contributed by atoms with Crippen LogP contribution in [0.1, 0.15) is 44.5 Å². The lowest BCUT2D eigenvalue weighted by atomic mass is 9.65. The number of hydrogen-bond donors (Lipinski definition) is 0. The Kier molecular flexibility index (Phi) is 4.75. The molecule has 0 saturated heterocycles. The summed E-state index contributed by atoms with van der Waals surface area (Å²) in [5, 5.41) is 0. The second kappa shape index (κ2) is 7.31.